The molecule has 4 rings (SSSR count). The Labute approximate surface area is 187 Å². The molecule has 6 nitrogen and oxygen atoms in total. The van der Waals surface area contributed by atoms with Crippen molar-refractivity contribution in [3.05, 3.63) is 72.5 Å². The number of ether oxygens (including phenoxy) is 1. The zero-order valence-electron chi connectivity index (χ0n) is 17.6. The van der Waals surface area contributed by atoms with Gasteiger partial charge in [-0.25, -0.2) is 12.8 Å². The lowest BCUT2D eigenvalue weighted by Crippen LogP contribution is -2.50. The normalized spacial score (nSPS) is 15.1. The topological polar surface area (TPSA) is 66.9 Å². The second kappa shape index (κ2) is 9.67. The van der Waals surface area contributed by atoms with Crippen molar-refractivity contribution < 1.29 is 22.3 Å². The highest BCUT2D eigenvalue weighted by Crippen LogP contribution is 2.23. The molecule has 1 aliphatic heterocycles. The second-order valence-corrected chi connectivity index (χ2v) is 9.61. The van der Waals surface area contributed by atoms with Crippen LogP contribution in [-0.4, -0.2) is 56.3 Å². The van der Waals surface area contributed by atoms with Crippen LogP contribution in [0.15, 0.2) is 71.6 Å². The quantitative estimate of drug-likeness (QED) is 0.509. The van der Waals surface area contributed by atoms with E-state index >= 15 is 0 Å². The van der Waals surface area contributed by atoms with Crippen molar-refractivity contribution >= 4 is 26.7 Å². The molecule has 0 spiro atoms. The first-order valence-corrected chi connectivity index (χ1v) is 12.0. The van der Waals surface area contributed by atoms with E-state index in [2.05, 4.69) is 0 Å². The molecule has 0 aliphatic carbocycles. The molecule has 0 bridgehead atoms. The summed E-state index contributed by atoms with van der Waals surface area (Å²) in [6.45, 7) is 1.45. The molecule has 0 radical (unpaired) electrons. The molecule has 1 amide bonds. The Balaban J connectivity index is 1.28. The molecule has 32 heavy (non-hydrogen) atoms. The van der Waals surface area contributed by atoms with E-state index in [0.29, 0.717) is 19.5 Å². The number of nitrogens with zero attached hydrogens (tertiary/aromatic N) is 2. The smallest absolute Gasteiger partial charge is 0.243 e. The average Bonchev–Trinajstić information content (AvgIpc) is 2.82. The van der Waals surface area contributed by atoms with Gasteiger partial charge >= 0.3 is 0 Å². The van der Waals surface area contributed by atoms with E-state index in [9.17, 15) is 17.6 Å². The van der Waals surface area contributed by atoms with E-state index in [1.54, 1.807) is 35.2 Å². The number of hydrogen-bond acceptors (Lipinski definition) is 4. The van der Waals surface area contributed by atoms with Gasteiger partial charge in [0.25, 0.3) is 0 Å². The van der Waals surface area contributed by atoms with Crippen molar-refractivity contribution in [3.63, 3.8) is 0 Å². The third-order valence-corrected chi connectivity index (χ3v) is 7.47. The molecule has 0 atom stereocenters. The van der Waals surface area contributed by atoms with Crippen LogP contribution < -0.4 is 4.74 Å². The fourth-order valence-corrected chi connectivity index (χ4v) is 5.24. The molecular formula is C24H25FN2O4S. The van der Waals surface area contributed by atoms with Gasteiger partial charge in [-0.15, -0.1) is 0 Å². The van der Waals surface area contributed by atoms with Crippen molar-refractivity contribution in [3.8, 4) is 5.75 Å². The summed E-state index contributed by atoms with van der Waals surface area (Å²) >= 11 is 0. The van der Waals surface area contributed by atoms with Gasteiger partial charge in [-0.3, -0.25) is 4.79 Å². The van der Waals surface area contributed by atoms with Crippen molar-refractivity contribution in [2.24, 2.45) is 0 Å². The molecule has 1 saturated heterocycles. The highest BCUT2D eigenvalue weighted by molar-refractivity contribution is 7.89. The lowest BCUT2D eigenvalue weighted by molar-refractivity contribution is -0.132. The molecule has 0 aromatic heterocycles. The Bertz CT molecular complexity index is 1210. The van der Waals surface area contributed by atoms with Crippen molar-refractivity contribution in [1.82, 2.24) is 9.21 Å². The number of sulfonamides is 1. The molecule has 3 aromatic carbocycles. The molecular weight excluding hydrogens is 431 g/mol. The van der Waals surface area contributed by atoms with Gasteiger partial charge in [-0.2, -0.15) is 4.31 Å². The van der Waals surface area contributed by atoms with Crippen LogP contribution in [0.3, 0.4) is 0 Å². The van der Waals surface area contributed by atoms with Crippen molar-refractivity contribution in [2.75, 3.05) is 32.8 Å². The Hall–Kier alpha value is -2.97. The minimum atomic E-state index is -3.62. The number of halogens is 1. The van der Waals surface area contributed by atoms with E-state index in [-0.39, 0.29) is 42.7 Å². The van der Waals surface area contributed by atoms with Crippen LogP contribution in [0.1, 0.15) is 12.8 Å². The summed E-state index contributed by atoms with van der Waals surface area (Å²) in [6.07, 6.45) is 0.731. The molecule has 8 heteroatoms. The van der Waals surface area contributed by atoms with Gasteiger partial charge in [0.05, 0.1) is 11.5 Å². The number of hydrogen-bond donors (Lipinski definition) is 0. The van der Waals surface area contributed by atoms with Crippen molar-refractivity contribution in [2.45, 2.75) is 17.7 Å². The van der Waals surface area contributed by atoms with Crippen LogP contribution >= 0.6 is 0 Å². The summed E-state index contributed by atoms with van der Waals surface area (Å²) in [4.78, 5) is 14.4. The minimum absolute atomic E-state index is 0.0510. The van der Waals surface area contributed by atoms with E-state index in [1.807, 2.05) is 30.3 Å². The number of rotatable bonds is 7. The zero-order valence-corrected chi connectivity index (χ0v) is 18.4. The van der Waals surface area contributed by atoms with Crippen LogP contribution in [-0.2, 0) is 14.8 Å². The third kappa shape index (κ3) is 4.92. The lowest BCUT2D eigenvalue weighted by Gasteiger charge is -2.34. The number of para-hydroxylation sites is 1. The molecule has 0 saturated carbocycles. The summed E-state index contributed by atoms with van der Waals surface area (Å²) < 4.78 is 46.5. The number of fused-ring (bicyclic) bond motifs is 1. The predicted octanol–water partition coefficient (Wildman–Crippen LogP) is 3.67. The molecule has 0 unspecified atom stereocenters. The molecule has 0 N–H and O–H groups in total. The maximum absolute atomic E-state index is 13.5. The second-order valence-electron chi connectivity index (χ2n) is 7.68. The molecule has 1 heterocycles. The monoisotopic (exact) mass is 456 g/mol. The maximum Gasteiger partial charge on any atom is 0.243 e. The maximum atomic E-state index is 13.5. The molecule has 1 fully saturated rings. The van der Waals surface area contributed by atoms with E-state index < -0.39 is 15.8 Å². The highest BCUT2D eigenvalue weighted by atomic mass is 32.2. The largest absolute Gasteiger partial charge is 0.491 e. The Morgan fingerprint density at radius 1 is 0.906 bits per heavy atom. The first-order valence-electron chi connectivity index (χ1n) is 10.6. The lowest BCUT2D eigenvalue weighted by atomic mass is 10.1. The van der Waals surface area contributed by atoms with E-state index in [0.717, 1.165) is 10.8 Å². The summed E-state index contributed by atoms with van der Waals surface area (Å²) in [5.74, 6) is -0.306. The standard InChI is InChI=1S/C24H25FN2O4S/c25-22-8-3-4-9-23(22)31-17-5-10-24(28)26-13-15-27(16-14-26)32(29,30)21-12-11-19-6-1-2-7-20(19)18-21/h1-4,6-9,11-12,18H,5,10,13-17H2. The van der Waals surface area contributed by atoms with Gasteiger partial charge < -0.3 is 9.64 Å². The van der Waals surface area contributed by atoms with Crippen LogP contribution in [0.2, 0.25) is 0 Å². The van der Waals surface area contributed by atoms with Crippen LogP contribution in [0.4, 0.5) is 4.39 Å². The third-order valence-electron chi connectivity index (χ3n) is 5.58. The first kappa shape index (κ1) is 22.2. The number of amides is 1. The van der Waals surface area contributed by atoms with Crippen molar-refractivity contribution in [1.29, 1.82) is 0 Å². The van der Waals surface area contributed by atoms with Crippen LogP contribution in [0.5, 0.6) is 5.75 Å². The van der Waals surface area contributed by atoms with Gasteiger partial charge in [-0.1, -0.05) is 42.5 Å². The molecule has 168 valence electrons. The Morgan fingerprint density at radius 2 is 1.59 bits per heavy atom. The minimum Gasteiger partial charge on any atom is -0.491 e. The Morgan fingerprint density at radius 3 is 2.34 bits per heavy atom. The fourth-order valence-electron chi connectivity index (χ4n) is 3.78. The fraction of sp³-hybridized carbons (Fsp3) is 0.292. The summed E-state index contributed by atoms with van der Waals surface area (Å²) in [5, 5.41) is 1.86. The van der Waals surface area contributed by atoms with Crippen LogP contribution in [0.25, 0.3) is 10.8 Å². The summed E-state index contributed by atoms with van der Waals surface area (Å²) in [7, 11) is -3.62. The van der Waals surface area contributed by atoms with E-state index in [1.165, 1.54) is 10.4 Å². The van der Waals surface area contributed by atoms with E-state index in [4.69, 9.17) is 4.74 Å². The van der Waals surface area contributed by atoms with Gasteiger partial charge in [0, 0.05) is 32.6 Å². The number of carbonyl (C=O) groups excluding carboxylic acids is 1. The Kier molecular flexibility index (Phi) is 6.72. The van der Waals surface area contributed by atoms with Gasteiger partial charge in [-0.05, 0) is 41.5 Å². The SMILES string of the molecule is O=C(CCCOc1ccccc1F)N1CCN(S(=O)(=O)c2ccc3ccccc3c2)CC1. The number of benzene rings is 3. The molecule has 1 aliphatic rings. The highest BCUT2D eigenvalue weighted by Gasteiger charge is 2.30. The first-order chi connectivity index (χ1) is 15.4. The van der Waals surface area contributed by atoms with Crippen LogP contribution in [0, 0.1) is 5.82 Å². The number of carbonyl (C=O) groups is 1. The summed E-state index contributed by atoms with van der Waals surface area (Å²) in [5.41, 5.74) is 0. The average molecular weight is 457 g/mol. The van der Waals surface area contributed by atoms with Gasteiger partial charge in [0.1, 0.15) is 0 Å². The zero-order chi connectivity index (χ0) is 22.6. The summed E-state index contributed by atoms with van der Waals surface area (Å²) in [6, 6.07) is 18.9. The molecule has 3 aromatic rings. The van der Waals surface area contributed by atoms with Gasteiger partial charge in [0.15, 0.2) is 11.6 Å². The number of piperazine rings is 1. The predicted molar refractivity (Wildman–Crippen MR) is 120 cm³/mol. The van der Waals surface area contributed by atoms with Gasteiger partial charge in [0.2, 0.25) is 15.9 Å².